The number of hydrogen-bond donors (Lipinski definition) is 1. The molecular formula is C17H26N2O2S. The summed E-state index contributed by atoms with van der Waals surface area (Å²) in [4.78, 5) is 17.9. The lowest BCUT2D eigenvalue weighted by Gasteiger charge is -2.38. The van der Waals surface area contributed by atoms with Crippen molar-refractivity contribution in [3.05, 3.63) is 29.8 Å². The number of carbonyl (C=O) groups excluding carboxylic acids is 1. The Bertz CT molecular complexity index is 466. The van der Waals surface area contributed by atoms with Gasteiger partial charge in [-0.05, 0) is 36.4 Å². The summed E-state index contributed by atoms with van der Waals surface area (Å²) in [7, 11) is 0. The quantitative estimate of drug-likeness (QED) is 0.817. The number of nitrogens with zero attached hydrogens (tertiary/aromatic N) is 2. The number of rotatable bonds is 6. The van der Waals surface area contributed by atoms with Crippen molar-refractivity contribution in [3.63, 3.8) is 0 Å². The Hall–Kier alpha value is -1.04. The Balaban J connectivity index is 1.91. The first kappa shape index (κ1) is 17.3. The summed E-state index contributed by atoms with van der Waals surface area (Å²) >= 11 is 1.78. The van der Waals surface area contributed by atoms with Crippen molar-refractivity contribution in [2.75, 3.05) is 38.5 Å². The van der Waals surface area contributed by atoms with Gasteiger partial charge in [0, 0.05) is 42.7 Å². The summed E-state index contributed by atoms with van der Waals surface area (Å²) in [5, 5.41) is 9.38. The molecule has 4 nitrogen and oxygen atoms in total. The molecule has 1 aromatic rings. The number of piperazine rings is 1. The molecule has 1 heterocycles. The molecule has 1 N–H and O–H groups in total. The number of aliphatic hydroxyl groups is 1. The standard InChI is InChI=1S/C17H26N2O2S/c1-3-15(13-20)18-9-11-19(12-10-18)17(21)14-5-7-16(8-6-14)22-4-2/h5-8,15,20H,3-4,9-13H2,1-2H3. The van der Waals surface area contributed by atoms with Gasteiger partial charge in [0.25, 0.3) is 5.91 Å². The van der Waals surface area contributed by atoms with Crippen molar-refractivity contribution < 1.29 is 9.90 Å². The van der Waals surface area contributed by atoms with Crippen LogP contribution in [0, 0.1) is 0 Å². The second kappa shape index (κ2) is 8.56. The van der Waals surface area contributed by atoms with E-state index in [-0.39, 0.29) is 18.6 Å². The highest BCUT2D eigenvalue weighted by molar-refractivity contribution is 7.99. The van der Waals surface area contributed by atoms with E-state index in [0.717, 1.165) is 43.9 Å². The molecule has 0 aromatic heterocycles. The first-order valence-corrected chi connectivity index (χ1v) is 9.05. The number of carbonyl (C=O) groups is 1. The van der Waals surface area contributed by atoms with Gasteiger partial charge in [0.1, 0.15) is 0 Å². The van der Waals surface area contributed by atoms with Crippen LogP contribution in [0.5, 0.6) is 0 Å². The lowest BCUT2D eigenvalue weighted by molar-refractivity contribution is 0.0472. The maximum absolute atomic E-state index is 12.5. The van der Waals surface area contributed by atoms with Crippen molar-refractivity contribution in [2.45, 2.75) is 31.2 Å². The molecule has 1 fully saturated rings. The van der Waals surface area contributed by atoms with Crippen LogP contribution in [0.3, 0.4) is 0 Å². The number of hydrogen-bond acceptors (Lipinski definition) is 4. The average molecular weight is 322 g/mol. The fourth-order valence-corrected chi connectivity index (χ4v) is 3.50. The molecule has 122 valence electrons. The minimum absolute atomic E-state index is 0.116. The molecule has 2 rings (SSSR count). The molecule has 1 aromatic carbocycles. The normalized spacial score (nSPS) is 17.5. The van der Waals surface area contributed by atoms with Crippen LogP contribution in [0.1, 0.15) is 30.6 Å². The zero-order valence-electron chi connectivity index (χ0n) is 13.5. The highest BCUT2D eigenvalue weighted by Crippen LogP contribution is 2.19. The Kier molecular flexibility index (Phi) is 6.73. The number of amides is 1. The third-order valence-corrected chi connectivity index (χ3v) is 5.11. The Morgan fingerprint density at radius 2 is 1.82 bits per heavy atom. The second-order valence-electron chi connectivity index (χ2n) is 5.53. The first-order chi connectivity index (χ1) is 10.7. The van der Waals surface area contributed by atoms with Gasteiger partial charge in [-0.25, -0.2) is 0 Å². The molecule has 0 bridgehead atoms. The molecule has 22 heavy (non-hydrogen) atoms. The van der Waals surface area contributed by atoms with Crippen LogP contribution in [-0.2, 0) is 0 Å². The van der Waals surface area contributed by atoms with Crippen molar-refractivity contribution >= 4 is 17.7 Å². The summed E-state index contributed by atoms with van der Waals surface area (Å²) in [5.74, 6) is 1.16. The van der Waals surface area contributed by atoms with Gasteiger partial charge in [-0.2, -0.15) is 0 Å². The van der Waals surface area contributed by atoms with E-state index in [1.165, 1.54) is 4.90 Å². The molecule has 1 saturated heterocycles. The number of aliphatic hydroxyl groups excluding tert-OH is 1. The third kappa shape index (κ3) is 4.24. The Morgan fingerprint density at radius 3 is 2.32 bits per heavy atom. The largest absolute Gasteiger partial charge is 0.395 e. The van der Waals surface area contributed by atoms with Crippen molar-refractivity contribution in [3.8, 4) is 0 Å². The topological polar surface area (TPSA) is 43.8 Å². The predicted octanol–water partition coefficient (Wildman–Crippen LogP) is 2.33. The molecule has 5 heteroatoms. The lowest BCUT2D eigenvalue weighted by Crippen LogP contribution is -2.52. The van der Waals surface area contributed by atoms with E-state index in [0.29, 0.717) is 0 Å². The Morgan fingerprint density at radius 1 is 1.18 bits per heavy atom. The Labute approximate surface area is 137 Å². The summed E-state index contributed by atoms with van der Waals surface area (Å²) in [6.07, 6.45) is 0.945. The van der Waals surface area contributed by atoms with Gasteiger partial charge in [0.05, 0.1) is 6.61 Å². The van der Waals surface area contributed by atoms with E-state index in [1.54, 1.807) is 11.8 Å². The van der Waals surface area contributed by atoms with Gasteiger partial charge in [-0.15, -0.1) is 11.8 Å². The minimum Gasteiger partial charge on any atom is -0.395 e. The third-order valence-electron chi connectivity index (χ3n) is 4.21. The van der Waals surface area contributed by atoms with Gasteiger partial charge in [0.15, 0.2) is 0 Å². The van der Waals surface area contributed by atoms with Crippen LogP contribution in [0.4, 0.5) is 0 Å². The molecule has 1 aliphatic rings. The van der Waals surface area contributed by atoms with E-state index in [2.05, 4.69) is 18.7 Å². The highest BCUT2D eigenvalue weighted by Gasteiger charge is 2.25. The van der Waals surface area contributed by atoms with Gasteiger partial charge >= 0.3 is 0 Å². The van der Waals surface area contributed by atoms with Crippen molar-refractivity contribution in [1.82, 2.24) is 9.80 Å². The fraction of sp³-hybridized carbons (Fsp3) is 0.588. The van der Waals surface area contributed by atoms with E-state index >= 15 is 0 Å². The van der Waals surface area contributed by atoms with Crippen LogP contribution >= 0.6 is 11.8 Å². The van der Waals surface area contributed by atoms with Crippen LogP contribution < -0.4 is 0 Å². The molecule has 1 atom stereocenters. The molecule has 1 amide bonds. The molecular weight excluding hydrogens is 296 g/mol. The van der Waals surface area contributed by atoms with Crippen LogP contribution in [0.2, 0.25) is 0 Å². The molecule has 1 aliphatic heterocycles. The maximum atomic E-state index is 12.5. The zero-order valence-corrected chi connectivity index (χ0v) is 14.3. The number of benzene rings is 1. The van der Waals surface area contributed by atoms with Crippen molar-refractivity contribution in [2.24, 2.45) is 0 Å². The van der Waals surface area contributed by atoms with Crippen LogP contribution in [0.25, 0.3) is 0 Å². The summed E-state index contributed by atoms with van der Waals surface area (Å²) in [6, 6.07) is 8.13. The van der Waals surface area contributed by atoms with E-state index in [1.807, 2.05) is 29.2 Å². The van der Waals surface area contributed by atoms with Crippen LogP contribution in [0.15, 0.2) is 29.2 Å². The van der Waals surface area contributed by atoms with E-state index in [4.69, 9.17) is 0 Å². The summed E-state index contributed by atoms with van der Waals surface area (Å²) < 4.78 is 0. The fourth-order valence-electron chi connectivity index (χ4n) is 2.84. The minimum atomic E-state index is 0.116. The predicted molar refractivity (Wildman–Crippen MR) is 91.5 cm³/mol. The molecule has 0 saturated carbocycles. The summed E-state index contributed by atoms with van der Waals surface area (Å²) in [5.41, 5.74) is 0.767. The molecule has 0 aliphatic carbocycles. The molecule has 0 spiro atoms. The van der Waals surface area contributed by atoms with Gasteiger partial charge in [-0.1, -0.05) is 13.8 Å². The second-order valence-corrected chi connectivity index (χ2v) is 6.87. The highest BCUT2D eigenvalue weighted by atomic mass is 32.2. The monoisotopic (exact) mass is 322 g/mol. The smallest absolute Gasteiger partial charge is 0.253 e. The van der Waals surface area contributed by atoms with E-state index < -0.39 is 0 Å². The van der Waals surface area contributed by atoms with Gasteiger partial charge < -0.3 is 10.0 Å². The average Bonchev–Trinajstić information content (AvgIpc) is 2.57. The molecule has 1 unspecified atom stereocenters. The van der Waals surface area contributed by atoms with Gasteiger partial charge in [0.2, 0.25) is 0 Å². The lowest BCUT2D eigenvalue weighted by atomic mass is 10.1. The van der Waals surface area contributed by atoms with Crippen molar-refractivity contribution in [1.29, 1.82) is 0 Å². The number of thioether (sulfide) groups is 1. The van der Waals surface area contributed by atoms with E-state index in [9.17, 15) is 9.90 Å². The summed E-state index contributed by atoms with van der Waals surface area (Å²) in [6.45, 7) is 7.57. The SMILES string of the molecule is CCSc1ccc(C(=O)N2CCN(C(CC)CO)CC2)cc1. The van der Waals surface area contributed by atoms with Gasteiger partial charge in [-0.3, -0.25) is 9.69 Å². The first-order valence-electron chi connectivity index (χ1n) is 8.06. The van der Waals surface area contributed by atoms with Crippen LogP contribution in [-0.4, -0.2) is 65.4 Å². The zero-order chi connectivity index (χ0) is 15.9. The maximum Gasteiger partial charge on any atom is 0.253 e. The molecule has 0 radical (unpaired) electrons.